The molecule has 0 amide bonds. The standard InChI is InChI=1S/C6H11S/c1-3-5-6-7-4-2/h3H,1-2,4-6H2. The lowest BCUT2D eigenvalue weighted by molar-refractivity contribution is 1.25. The third-order valence-corrected chi connectivity index (χ3v) is 1.42. The van der Waals surface area contributed by atoms with Crippen LogP contribution >= 0.6 is 11.8 Å². The maximum absolute atomic E-state index is 3.69. The van der Waals surface area contributed by atoms with E-state index < -0.39 is 0 Å². The fraction of sp³-hybridized carbons (Fsp3) is 0.500. The minimum atomic E-state index is 0.980. The number of thioether (sulfide) groups is 1. The van der Waals surface area contributed by atoms with Gasteiger partial charge in [0.05, 0.1) is 0 Å². The molecular formula is C6H11S. The minimum Gasteiger partial charge on any atom is -0.162 e. The molecule has 0 aliphatic rings. The topological polar surface area (TPSA) is 0 Å². The van der Waals surface area contributed by atoms with Crippen molar-refractivity contribution in [2.45, 2.75) is 6.42 Å². The third kappa shape index (κ3) is 6.09. The van der Waals surface area contributed by atoms with Crippen molar-refractivity contribution in [2.24, 2.45) is 0 Å². The molecule has 0 saturated carbocycles. The van der Waals surface area contributed by atoms with Crippen molar-refractivity contribution in [1.29, 1.82) is 0 Å². The Kier molecular flexibility index (Phi) is 6.17. The molecule has 0 nitrogen and oxygen atoms in total. The lowest BCUT2D eigenvalue weighted by Crippen LogP contribution is -1.73. The summed E-state index contributed by atoms with van der Waals surface area (Å²) in [5.74, 6) is 2.15. The van der Waals surface area contributed by atoms with E-state index in [1.54, 1.807) is 0 Å². The van der Waals surface area contributed by atoms with Crippen molar-refractivity contribution in [3.8, 4) is 0 Å². The molecular weight excluding hydrogens is 104 g/mol. The number of allylic oxidation sites excluding steroid dienone is 1. The number of hydrogen-bond donors (Lipinski definition) is 0. The quantitative estimate of drug-likeness (QED) is 0.399. The SMILES string of the molecule is [CH2]CSCCC=C. The molecule has 0 aromatic rings. The Labute approximate surface area is 50.0 Å². The molecule has 1 heteroatoms. The molecule has 0 saturated heterocycles. The van der Waals surface area contributed by atoms with E-state index >= 15 is 0 Å². The summed E-state index contributed by atoms with van der Waals surface area (Å²) in [5.41, 5.74) is 0. The van der Waals surface area contributed by atoms with Gasteiger partial charge in [-0.15, -0.1) is 6.58 Å². The molecule has 0 fully saturated rings. The van der Waals surface area contributed by atoms with Crippen LogP contribution in [0.5, 0.6) is 0 Å². The normalized spacial score (nSPS) is 8.71. The van der Waals surface area contributed by atoms with Crippen LogP contribution in [0, 0.1) is 6.92 Å². The second-order valence-electron chi connectivity index (χ2n) is 1.19. The molecule has 0 atom stereocenters. The minimum absolute atomic E-state index is 0.980. The Balaban J connectivity index is 2.56. The van der Waals surface area contributed by atoms with Crippen LogP contribution in [0.4, 0.5) is 0 Å². The van der Waals surface area contributed by atoms with Crippen molar-refractivity contribution in [3.63, 3.8) is 0 Å². The highest BCUT2D eigenvalue weighted by Crippen LogP contribution is 1.99. The predicted octanol–water partition coefficient (Wildman–Crippen LogP) is 2.13. The molecule has 0 heterocycles. The zero-order valence-electron chi connectivity index (χ0n) is 4.52. The molecule has 7 heavy (non-hydrogen) atoms. The molecule has 0 unspecified atom stereocenters. The van der Waals surface area contributed by atoms with Gasteiger partial charge in [0.2, 0.25) is 0 Å². The van der Waals surface area contributed by atoms with E-state index in [0.717, 1.165) is 12.2 Å². The predicted molar refractivity (Wildman–Crippen MR) is 37.5 cm³/mol. The molecule has 0 aliphatic carbocycles. The molecule has 0 aromatic heterocycles. The molecule has 1 radical (unpaired) electrons. The van der Waals surface area contributed by atoms with Crippen LogP contribution in [0.25, 0.3) is 0 Å². The summed E-state index contributed by atoms with van der Waals surface area (Å²) in [4.78, 5) is 0. The molecule has 0 aliphatic heterocycles. The molecule has 0 aromatic carbocycles. The van der Waals surface area contributed by atoms with Gasteiger partial charge in [0.15, 0.2) is 0 Å². The van der Waals surface area contributed by atoms with Crippen LogP contribution in [-0.4, -0.2) is 11.5 Å². The first-order valence-corrected chi connectivity index (χ1v) is 3.55. The summed E-state index contributed by atoms with van der Waals surface area (Å²) in [6, 6.07) is 0. The zero-order valence-corrected chi connectivity index (χ0v) is 5.34. The summed E-state index contributed by atoms with van der Waals surface area (Å²) in [6.45, 7) is 7.28. The van der Waals surface area contributed by atoms with Gasteiger partial charge in [-0.2, -0.15) is 11.8 Å². The van der Waals surface area contributed by atoms with Gasteiger partial charge in [0, 0.05) is 0 Å². The summed E-state index contributed by atoms with van der Waals surface area (Å²) in [5, 5.41) is 0. The lowest BCUT2D eigenvalue weighted by Gasteiger charge is -1.88. The van der Waals surface area contributed by atoms with E-state index in [2.05, 4.69) is 13.5 Å². The largest absolute Gasteiger partial charge is 0.162 e. The number of hydrogen-bond acceptors (Lipinski definition) is 1. The van der Waals surface area contributed by atoms with Gasteiger partial charge in [0.1, 0.15) is 0 Å². The first kappa shape index (κ1) is 7.09. The fourth-order valence-electron chi connectivity index (χ4n) is 0.269. The van der Waals surface area contributed by atoms with Gasteiger partial charge in [-0.05, 0) is 24.9 Å². The van der Waals surface area contributed by atoms with Gasteiger partial charge in [-0.3, -0.25) is 0 Å². The van der Waals surface area contributed by atoms with Gasteiger partial charge in [0.25, 0.3) is 0 Å². The van der Waals surface area contributed by atoms with Gasteiger partial charge in [-0.1, -0.05) is 6.08 Å². The first-order chi connectivity index (χ1) is 3.41. The van der Waals surface area contributed by atoms with E-state index in [-0.39, 0.29) is 0 Å². The smallest absolute Gasteiger partial charge is 0.00330 e. The van der Waals surface area contributed by atoms with Crippen LogP contribution in [0.2, 0.25) is 0 Å². The van der Waals surface area contributed by atoms with Crippen LogP contribution in [0.15, 0.2) is 12.7 Å². The summed E-state index contributed by atoms with van der Waals surface area (Å²) in [6.07, 6.45) is 3.04. The molecule has 0 bridgehead atoms. The Morgan fingerprint density at radius 3 is 2.71 bits per heavy atom. The summed E-state index contributed by atoms with van der Waals surface area (Å²) in [7, 11) is 0. The Morgan fingerprint density at radius 1 is 1.57 bits per heavy atom. The van der Waals surface area contributed by atoms with E-state index in [1.807, 2.05) is 17.8 Å². The Bertz CT molecular complexity index is 41.4. The van der Waals surface area contributed by atoms with Crippen molar-refractivity contribution < 1.29 is 0 Å². The van der Waals surface area contributed by atoms with Gasteiger partial charge >= 0.3 is 0 Å². The molecule has 0 N–H and O–H groups in total. The average Bonchev–Trinajstić information content (AvgIpc) is 1.69. The Morgan fingerprint density at radius 2 is 2.29 bits per heavy atom. The van der Waals surface area contributed by atoms with Crippen LogP contribution in [0.3, 0.4) is 0 Å². The van der Waals surface area contributed by atoms with Crippen molar-refractivity contribution >= 4 is 11.8 Å². The highest BCUT2D eigenvalue weighted by Gasteiger charge is 1.77. The zero-order chi connectivity index (χ0) is 5.54. The van der Waals surface area contributed by atoms with Crippen molar-refractivity contribution in [3.05, 3.63) is 19.6 Å². The Hall–Kier alpha value is 0.0900. The number of rotatable bonds is 4. The molecule has 41 valence electrons. The average molecular weight is 115 g/mol. The summed E-state index contributed by atoms with van der Waals surface area (Å²) >= 11 is 1.85. The van der Waals surface area contributed by atoms with E-state index in [4.69, 9.17) is 0 Å². The van der Waals surface area contributed by atoms with Crippen LogP contribution in [-0.2, 0) is 0 Å². The molecule has 0 spiro atoms. The maximum Gasteiger partial charge on any atom is -0.00330 e. The van der Waals surface area contributed by atoms with Crippen LogP contribution in [0.1, 0.15) is 6.42 Å². The fourth-order valence-corrected chi connectivity index (χ4v) is 0.806. The van der Waals surface area contributed by atoms with Crippen molar-refractivity contribution in [1.82, 2.24) is 0 Å². The van der Waals surface area contributed by atoms with E-state index in [1.165, 1.54) is 5.75 Å². The highest BCUT2D eigenvalue weighted by atomic mass is 32.2. The highest BCUT2D eigenvalue weighted by molar-refractivity contribution is 7.99. The van der Waals surface area contributed by atoms with E-state index in [0.29, 0.717) is 0 Å². The van der Waals surface area contributed by atoms with Crippen LogP contribution < -0.4 is 0 Å². The van der Waals surface area contributed by atoms with E-state index in [9.17, 15) is 0 Å². The van der Waals surface area contributed by atoms with Gasteiger partial charge < -0.3 is 0 Å². The second kappa shape index (κ2) is 6.09. The monoisotopic (exact) mass is 115 g/mol. The maximum atomic E-state index is 3.69. The van der Waals surface area contributed by atoms with Gasteiger partial charge in [-0.25, -0.2) is 0 Å². The summed E-state index contributed by atoms with van der Waals surface area (Å²) < 4.78 is 0. The molecule has 0 rings (SSSR count). The lowest BCUT2D eigenvalue weighted by atomic mass is 10.5. The second-order valence-corrected chi connectivity index (χ2v) is 2.41. The first-order valence-electron chi connectivity index (χ1n) is 2.39. The van der Waals surface area contributed by atoms with Crippen molar-refractivity contribution in [2.75, 3.05) is 11.5 Å². The third-order valence-electron chi connectivity index (χ3n) is 0.611.